The number of carbonyl (C=O) groups is 1. The normalized spacial score (nSPS) is 14.6. The van der Waals surface area contributed by atoms with Crippen LogP contribution in [0.15, 0.2) is 72.0 Å². The largest absolute Gasteiger partial charge is 0.339 e. The third kappa shape index (κ3) is 4.44. The first kappa shape index (κ1) is 21.1. The number of para-hydroxylation sites is 1. The van der Waals surface area contributed by atoms with Crippen LogP contribution in [-0.4, -0.2) is 43.0 Å². The van der Waals surface area contributed by atoms with Gasteiger partial charge in [0.2, 0.25) is 0 Å². The van der Waals surface area contributed by atoms with Crippen LogP contribution >= 0.6 is 0 Å². The average molecular weight is 442 g/mol. The smallest absolute Gasteiger partial charge is 0.261 e. The first-order chi connectivity index (χ1) is 16.1. The SMILES string of the molecule is Cc1nc2ccccc2c(=O)n1CC1CCN(C(=O)c2ccc(Cn3ccnc3)cc2)CC1. The quantitative estimate of drug-likeness (QED) is 0.475. The predicted molar refractivity (Wildman–Crippen MR) is 127 cm³/mol. The Hall–Kier alpha value is -3.74. The molecule has 1 fully saturated rings. The van der Waals surface area contributed by atoms with Crippen molar-refractivity contribution < 1.29 is 4.79 Å². The average Bonchev–Trinajstić information content (AvgIpc) is 3.35. The summed E-state index contributed by atoms with van der Waals surface area (Å²) in [6.07, 6.45) is 7.22. The number of aryl methyl sites for hydroxylation is 1. The molecule has 1 aliphatic heterocycles. The molecular weight excluding hydrogens is 414 g/mol. The summed E-state index contributed by atoms with van der Waals surface area (Å²) >= 11 is 0. The number of aromatic nitrogens is 4. The van der Waals surface area contributed by atoms with Gasteiger partial charge in [-0.1, -0.05) is 24.3 Å². The van der Waals surface area contributed by atoms with Crippen LogP contribution in [0, 0.1) is 12.8 Å². The van der Waals surface area contributed by atoms with Crippen LogP contribution in [0.2, 0.25) is 0 Å². The fourth-order valence-electron chi connectivity index (χ4n) is 4.60. The number of hydrogen-bond donors (Lipinski definition) is 0. The second kappa shape index (κ2) is 9.02. The molecule has 0 aliphatic carbocycles. The number of imidazole rings is 1. The molecule has 1 amide bonds. The summed E-state index contributed by atoms with van der Waals surface area (Å²) in [4.78, 5) is 36.5. The van der Waals surface area contributed by atoms with E-state index in [2.05, 4.69) is 9.97 Å². The fourth-order valence-corrected chi connectivity index (χ4v) is 4.60. The van der Waals surface area contributed by atoms with Crippen molar-refractivity contribution in [2.75, 3.05) is 13.1 Å². The summed E-state index contributed by atoms with van der Waals surface area (Å²) in [5.41, 5.74) is 2.61. The summed E-state index contributed by atoms with van der Waals surface area (Å²) < 4.78 is 3.79. The van der Waals surface area contributed by atoms with Crippen molar-refractivity contribution in [3.05, 3.63) is 94.6 Å². The minimum Gasteiger partial charge on any atom is -0.339 e. The van der Waals surface area contributed by atoms with Crippen molar-refractivity contribution >= 4 is 16.8 Å². The molecule has 0 radical (unpaired) electrons. The zero-order chi connectivity index (χ0) is 22.8. The van der Waals surface area contributed by atoms with Gasteiger partial charge in [0.05, 0.1) is 17.2 Å². The molecule has 7 heteroatoms. The first-order valence-corrected chi connectivity index (χ1v) is 11.4. The lowest BCUT2D eigenvalue weighted by Crippen LogP contribution is -2.40. The van der Waals surface area contributed by atoms with E-state index in [1.807, 2.05) is 71.1 Å². The van der Waals surface area contributed by atoms with E-state index in [1.165, 1.54) is 0 Å². The van der Waals surface area contributed by atoms with E-state index in [0.717, 1.165) is 36.3 Å². The van der Waals surface area contributed by atoms with Gasteiger partial charge in [-0.2, -0.15) is 0 Å². The van der Waals surface area contributed by atoms with E-state index in [1.54, 1.807) is 17.1 Å². The van der Waals surface area contributed by atoms with Gasteiger partial charge < -0.3 is 9.47 Å². The molecule has 7 nitrogen and oxygen atoms in total. The van der Waals surface area contributed by atoms with Crippen LogP contribution in [0.5, 0.6) is 0 Å². The summed E-state index contributed by atoms with van der Waals surface area (Å²) in [5, 5.41) is 0.659. The number of rotatable bonds is 5. The molecule has 4 aromatic rings. The molecule has 168 valence electrons. The van der Waals surface area contributed by atoms with Crippen LogP contribution in [0.25, 0.3) is 10.9 Å². The molecule has 33 heavy (non-hydrogen) atoms. The van der Waals surface area contributed by atoms with E-state index >= 15 is 0 Å². The number of carbonyl (C=O) groups excluding carboxylic acids is 1. The topological polar surface area (TPSA) is 73.0 Å². The van der Waals surface area contributed by atoms with Crippen molar-refractivity contribution in [1.82, 2.24) is 24.0 Å². The Bertz CT molecular complexity index is 1320. The van der Waals surface area contributed by atoms with E-state index < -0.39 is 0 Å². The van der Waals surface area contributed by atoms with Crippen molar-refractivity contribution in [3.63, 3.8) is 0 Å². The summed E-state index contributed by atoms with van der Waals surface area (Å²) in [6, 6.07) is 15.3. The Labute approximate surface area is 192 Å². The summed E-state index contributed by atoms with van der Waals surface area (Å²) in [7, 11) is 0. The van der Waals surface area contributed by atoms with Crippen LogP contribution in [-0.2, 0) is 13.1 Å². The molecule has 3 heterocycles. The Morgan fingerprint density at radius 1 is 1.06 bits per heavy atom. The van der Waals surface area contributed by atoms with Crippen LogP contribution in [0.1, 0.15) is 34.6 Å². The molecule has 1 saturated heterocycles. The molecule has 0 unspecified atom stereocenters. The van der Waals surface area contributed by atoms with Gasteiger partial charge in [-0.25, -0.2) is 9.97 Å². The third-order valence-electron chi connectivity index (χ3n) is 6.52. The molecule has 0 bridgehead atoms. The van der Waals surface area contributed by atoms with Gasteiger partial charge >= 0.3 is 0 Å². The van der Waals surface area contributed by atoms with Crippen LogP contribution in [0.4, 0.5) is 0 Å². The minimum absolute atomic E-state index is 0.0207. The number of hydrogen-bond acceptors (Lipinski definition) is 4. The van der Waals surface area contributed by atoms with Gasteiger partial charge in [-0.3, -0.25) is 14.2 Å². The maximum atomic E-state index is 13.0. The number of piperidine rings is 1. The lowest BCUT2D eigenvalue weighted by atomic mass is 9.96. The van der Waals surface area contributed by atoms with Crippen molar-refractivity contribution in [2.45, 2.75) is 32.9 Å². The number of benzene rings is 2. The third-order valence-corrected chi connectivity index (χ3v) is 6.52. The Morgan fingerprint density at radius 2 is 1.82 bits per heavy atom. The number of nitrogens with zero attached hydrogens (tertiary/aromatic N) is 5. The maximum absolute atomic E-state index is 13.0. The highest BCUT2D eigenvalue weighted by Gasteiger charge is 2.25. The van der Waals surface area contributed by atoms with E-state index in [9.17, 15) is 9.59 Å². The highest BCUT2D eigenvalue weighted by Crippen LogP contribution is 2.21. The zero-order valence-corrected chi connectivity index (χ0v) is 18.7. The first-order valence-electron chi connectivity index (χ1n) is 11.4. The van der Waals surface area contributed by atoms with Crippen molar-refractivity contribution in [3.8, 4) is 0 Å². The molecule has 2 aromatic heterocycles. The molecule has 0 spiro atoms. The molecule has 0 atom stereocenters. The van der Waals surface area contributed by atoms with E-state index in [4.69, 9.17) is 0 Å². The standard InChI is InChI=1S/C26H27N5O2/c1-19-28-24-5-3-2-4-23(24)26(33)31(19)17-21-10-13-30(14-11-21)25(32)22-8-6-20(7-9-22)16-29-15-12-27-18-29/h2-9,12,15,18,21H,10-11,13-14,16-17H2,1H3. The lowest BCUT2D eigenvalue weighted by Gasteiger charge is -2.32. The molecule has 0 saturated carbocycles. The van der Waals surface area contributed by atoms with Gasteiger partial charge in [0.25, 0.3) is 11.5 Å². The molecule has 5 rings (SSSR count). The number of likely N-dealkylation sites (tertiary alicyclic amines) is 1. The van der Waals surface area contributed by atoms with Crippen molar-refractivity contribution in [1.29, 1.82) is 0 Å². The highest BCUT2D eigenvalue weighted by atomic mass is 16.2. The second-order valence-corrected chi connectivity index (χ2v) is 8.76. The van der Waals surface area contributed by atoms with Crippen molar-refractivity contribution in [2.24, 2.45) is 5.92 Å². The van der Waals surface area contributed by atoms with Crippen LogP contribution in [0.3, 0.4) is 0 Å². The number of fused-ring (bicyclic) bond motifs is 1. The van der Waals surface area contributed by atoms with Gasteiger partial charge in [0.1, 0.15) is 5.82 Å². The predicted octanol–water partition coefficient (Wildman–Crippen LogP) is 3.50. The number of amides is 1. The summed E-state index contributed by atoms with van der Waals surface area (Å²) in [6.45, 7) is 4.68. The maximum Gasteiger partial charge on any atom is 0.261 e. The Balaban J connectivity index is 1.21. The second-order valence-electron chi connectivity index (χ2n) is 8.76. The monoisotopic (exact) mass is 441 g/mol. The van der Waals surface area contributed by atoms with Gasteiger partial charge in [-0.15, -0.1) is 0 Å². The Kier molecular flexibility index (Phi) is 5.77. The van der Waals surface area contributed by atoms with Crippen LogP contribution < -0.4 is 5.56 Å². The zero-order valence-electron chi connectivity index (χ0n) is 18.7. The van der Waals surface area contributed by atoms with Gasteiger partial charge in [-0.05, 0) is 55.5 Å². The minimum atomic E-state index is 0.0207. The van der Waals surface area contributed by atoms with E-state index in [0.29, 0.717) is 36.5 Å². The molecular formula is C26H27N5O2. The van der Waals surface area contributed by atoms with E-state index in [-0.39, 0.29) is 11.5 Å². The summed E-state index contributed by atoms with van der Waals surface area (Å²) in [5.74, 6) is 1.17. The molecule has 0 N–H and O–H groups in total. The molecule has 2 aromatic carbocycles. The highest BCUT2D eigenvalue weighted by molar-refractivity contribution is 5.94. The van der Waals surface area contributed by atoms with Gasteiger partial charge in [0.15, 0.2) is 0 Å². The fraction of sp³-hybridized carbons (Fsp3) is 0.308. The lowest BCUT2D eigenvalue weighted by molar-refractivity contribution is 0.0682. The molecule has 1 aliphatic rings. The van der Waals surface area contributed by atoms with Gasteiger partial charge in [0, 0.05) is 44.1 Å². The Morgan fingerprint density at radius 3 is 2.55 bits per heavy atom.